The van der Waals surface area contributed by atoms with Crippen molar-refractivity contribution in [2.45, 2.75) is 39.5 Å². The van der Waals surface area contributed by atoms with E-state index < -0.39 is 5.79 Å². The van der Waals surface area contributed by atoms with E-state index in [9.17, 15) is 4.79 Å². The molecule has 0 aliphatic carbocycles. The Kier molecular flexibility index (Phi) is 5.36. The van der Waals surface area contributed by atoms with E-state index in [0.717, 1.165) is 13.1 Å². The van der Waals surface area contributed by atoms with Crippen molar-refractivity contribution in [3.05, 3.63) is 0 Å². The second-order valence-electron chi connectivity index (χ2n) is 4.67. The number of nitrogens with zero attached hydrogens (tertiary/aromatic N) is 1. The Morgan fingerprint density at radius 2 is 1.82 bits per heavy atom. The van der Waals surface area contributed by atoms with Gasteiger partial charge in [-0.15, -0.1) is 0 Å². The fourth-order valence-electron chi connectivity index (χ4n) is 1.73. The average Bonchev–Trinajstić information content (AvgIpc) is 2.29. The van der Waals surface area contributed by atoms with Crippen molar-refractivity contribution in [3.8, 4) is 0 Å². The SMILES string of the molecule is CCN(CC)C(=O)CNC1COC(C)(C)OC1. The van der Waals surface area contributed by atoms with Gasteiger partial charge in [0.2, 0.25) is 5.91 Å². The van der Waals surface area contributed by atoms with E-state index in [0.29, 0.717) is 19.8 Å². The van der Waals surface area contributed by atoms with Crippen LogP contribution in [-0.2, 0) is 14.3 Å². The minimum atomic E-state index is -0.499. The van der Waals surface area contributed by atoms with Crippen LogP contribution in [0.3, 0.4) is 0 Å². The molecule has 0 atom stereocenters. The van der Waals surface area contributed by atoms with E-state index in [-0.39, 0.29) is 11.9 Å². The number of ether oxygens (including phenoxy) is 2. The van der Waals surface area contributed by atoms with Crippen molar-refractivity contribution in [3.63, 3.8) is 0 Å². The Labute approximate surface area is 103 Å². The third-order valence-corrected chi connectivity index (χ3v) is 2.92. The molecule has 1 saturated heterocycles. The lowest BCUT2D eigenvalue weighted by Crippen LogP contribution is -2.51. The van der Waals surface area contributed by atoms with Gasteiger partial charge in [-0.3, -0.25) is 4.79 Å². The number of carbonyl (C=O) groups excluding carboxylic acids is 1. The Morgan fingerprint density at radius 3 is 2.29 bits per heavy atom. The topological polar surface area (TPSA) is 50.8 Å². The molecule has 0 saturated carbocycles. The summed E-state index contributed by atoms with van der Waals surface area (Å²) in [5, 5.41) is 3.17. The van der Waals surface area contributed by atoms with Crippen LogP contribution in [0.4, 0.5) is 0 Å². The Bertz CT molecular complexity index is 242. The van der Waals surface area contributed by atoms with Crippen LogP contribution in [0.15, 0.2) is 0 Å². The number of carbonyl (C=O) groups is 1. The van der Waals surface area contributed by atoms with Crippen LogP contribution in [-0.4, -0.2) is 55.5 Å². The fourth-order valence-corrected chi connectivity index (χ4v) is 1.73. The van der Waals surface area contributed by atoms with Gasteiger partial charge in [0.05, 0.1) is 25.8 Å². The van der Waals surface area contributed by atoms with Gasteiger partial charge in [0, 0.05) is 13.1 Å². The molecule has 1 N–H and O–H groups in total. The minimum Gasteiger partial charge on any atom is -0.349 e. The van der Waals surface area contributed by atoms with E-state index in [1.54, 1.807) is 0 Å². The number of amides is 1. The van der Waals surface area contributed by atoms with E-state index in [2.05, 4.69) is 5.32 Å². The van der Waals surface area contributed by atoms with Gasteiger partial charge in [0.25, 0.3) is 0 Å². The van der Waals surface area contributed by atoms with Crippen molar-refractivity contribution < 1.29 is 14.3 Å². The van der Waals surface area contributed by atoms with Crippen LogP contribution in [0, 0.1) is 0 Å². The van der Waals surface area contributed by atoms with Crippen molar-refractivity contribution >= 4 is 5.91 Å². The number of hydrogen-bond acceptors (Lipinski definition) is 4. The van der Waals surface area contributed by atoms with Gasteiger partial charge < -0.3 is 19.7 Å². The van der Waals surface area contributed by atoms with Gasteiger partial charge >= 0.3 is 0 Å². The van der Waals surface area contributed by atoms with E-state index in [1.165, 1.54) is 0 Å². The zero-order valence-corrected chi connectivity index (χ0v) is 11.3. The molecule has 1 aliphatic heterocycles. The van der Waals surface area contributed by atoms with Crippen LogP contribution >= 0.6 is 0 Å². The summed E-state index contributed by atoms with van der Waals surface area (Å²) in [6, 6.07) is 0.0996. The molecule has 100 valence electrons. The molecule has 17 heavy (non-hydrogen) atoms. The molecular weight excluding hydrogens is 220 g/mol. The van der Waals surface area contributed by atoms with E-state index in [4.69, 9.17) is 9.47 Å². The summed E-state index contributed by atoms with van der Waals surface area (Å²) in [4.78, 5) is 13.6. The molecule has 0 bridgehead atoms. The molecule has 1 amide bonds. The summed E-state index contributed by atoms with van der Waals surface area (Å²) in [5.74, 6) is -0.374. The first-order chi connectivity index (χ1) is 7.98. The van der Waals surface area contributed by atoms with Crippen LogP contribution in [0.1, 0.15) is 27.7 Å². The quantitative estimate of drug-likeness (QED) is 0.769. The summed E-state index contributed by atoms with van der Waals surface area (Å²) >= 11 is 0. The normalized spacial score (nSPS) is 20.2. The Morgan fingerprint density at radius 1 is 1.29 bits per heavy atom. The molecule has 0 aromatic carbocycles. The zero-order chi connectivity index (χ0) is 12.9. The number of nitrogens with one attached hydrogen (secondary N) is 1. The maximum atomic E-state index is 11.8. The van der Waals surface area contributed by atoms with Gasteiger partial charge in [-0.1, -0.05) is 0 Å². The predicted molar refractivity (Wildman–Crippen MR) is 65.7 cm³/mol. The third-order valence-electron chi connectivity index (χ3n) is 2.92. The number of rotatable bonds is 5. The summed E-state index contributed by atoms with van der Waals surface area (Å²) < 4.78 is 11.0. The first-order valence-corrected chi connectivity index (χ1v) is 6.27. The first kappa shape index (κ1) is 14.4. The highest BCUT2D eigenvalue weighted by molar-refractivity contribution is 5.78. The number of hydrogen-bond donors (Lipinski definition) is 1. The molecule has 1 aliphatic rings. The van der Waals surface area contributed by atoms with Crippen molar-refractivity contribution in [1.29, 1.82) is 0 Å². The zero-order valence-electron chi connectivity index (χ0n) is 11.3. The molecule has 0 spiro atoms. The second kappa shape index (κ2) is 6.33. The number of likely N-dealkylation sites (N-methyl/N-ethyl adjacent to an activating group) is 1. The van der Waals surface area contributed by atoms with E-state index >= 15 is 0 Å². The summed E-state index contributed by atoms with van der Waals surface area (Å²) in [6.07, 6.45) is 0. The maximum Gasteiger partial charge on any atom is 0.236 e. The van der Waals surface area contributed by atoms with Crippen molar-refractivity contribution in [2.75, 3.05) is 32.8 Å². The molecule has 0 aromatic rings. The van der Waals surface area contributed by atoms with Crippen molar-refractivity contribution in [1.82, 2.24) is 10.2 Å². The van der Waals surface area contributed by atoms with E-state index in [1.807, 2.05) is 32.6 Å². The van der Waals surface area contributed by atoms with Gasteiger partial charge in [0.1, 0.15) is 0 Å². The molecule has 1 fully saturated rings. The van der Waals surface area contributed by atoms with Crippen LogP contribution in [0.5, 0.6) is 0 Å². The lowest BCUT2D eigenvalue weighted by molar-refractivity contribution is -0.252. The van der Waals surface area contributed by atoms with Crippen molar-refractivity contribution in [2.24, 2.45) is 0 Å². The molecular formula is C12H24N2O3. The third kappa shape index (κ3) is 4.61. The molecule has 1 rings (SSSR count). The average molecular weight is 244 g/mol. The summed E-state index contributed by atoms with van der Waals surface area (Å²) in [5.41, 5.74) is 0. The van der Waals surface area contributed by atoms with Crippen LogP contribution in [0.25, 0.3) is 0 Å². The predicted octanol–water partition coefficient (Wildman–Crippen LogP) is 0.596. The maximum absolute atomic E-state index is 11.8. The lowest BCUT2D eigenvalue weighted by Gasteiger charge is -2.35. The standard InChI is InChI=1S/C12H24N2O3/c1-5-14(6-2)11(15)7-13-10-8-16-12(3,4)17-9-10/h10,13H,5-9H2,1-4H3. The smallest absolute Gasteiger partial charge is 0.236 e. The molecule has 5 heteroatoms. The molecule has 1 heterocycles. The second-order valence-corrected chi connectivity index (χ2v) is 4.67. The van der Waals surface area contributed by atoms with Gasteiger partial charge in [-0.25, -0.2) is 0 Å². The summed E-state index contributed by atoms with van der Waals surface area (Å²) in [7, 11) is 0. The van der Waals surface area contributed by atoms with Crippen LogP contribution < -0.4 is 5.32 Å². The van der Waals surface area contributed by atoms with Gasteiger partial charge in [0.15, 0.2) is 5.79 Å². The highest BCUT2D eigenvalue weighted by Gasteiger charge is 2.28. The van der Waals surface area contributed by atoms with Gasteiger partial charge in [-0.05, 0) is 27.7 Å². The summed E-state index contributed by atoms with van der Waals surface area (Å²) in [6.45, 7) is 10.8. The van der Waals surface area contributed by atoms with Gasteiger partial charge in [-0.2, -0.15) is 0 Å². The molecule has 0 aromatic heterocycles. The van der Waals surface area contributed by atoms with Crippen LogP contribution in [0.2, 0.25) is 0 Å². The fraction of sp³-hybridized carbons (Fsp3) is 0.917. The first-order valence-electron chi connectivity index (χ1n) is 6.27. The Hall–Kier alpha value is -0.650. The Balaban J connectivity index is 2.25. The highest BCUT2D eigenvalue weighted by Crippen LogP contribution is 2.16. The minimum absolute atomic E-state index is 0.0996. The molecule has 0 unspecified atom stereocenters. The molecule has 0 radical (unpaired) electrons. The molecule has 5 nitrogen and oxygen atoms in total. The lowest BCUT2D eigenvalue weighted by atomic mass is 10.2. The highest BCUT2D eigenvalue weighted by atomic mass is 16.7. The monoisotopic (exact) mass is 244 g/mol. The largest absolute Gasteiger partial charge is 0.349 e.